The quantitative estimate of drug-likeness (QED) is 0.844. The number of carbonyl (C=O) groups excluding carboxylic acids is 2. The summed E-state index contributed by atoms with van der Waals surface area (Å²) in [4.78, 5) is 24.3. The van der Waals surface area contributed by atoms with Gasteiger partial charge in [-0.3, -0.25) is 9.59 Å². The van der Waals surface area contributed by atoms with Crippen molar-refractivity contribution < 1.29 is 19.1 Å². The standard InChI is InChI=1S/C16H15NO4/c1-2-10-5-6-12-11(8-10)16(20,15(19)17-12)9-13(18)14-4-3-7-21-14/h3-8,20H,2,9H2,1H3,(H,17,19)/t16-/m0/s1. The van der Waals surface area contributed by atoms with Crippen LogP contribution in [0.25, 0.3) is 0 Å². The van der Waals surface area contributed by atoms with Gasteiger partial charge in [-0.15, -0.1) is 0 Å². The number of carbonyl (C=O) groups is 2. The summed E-state index contributed by atoms with van der Waals surface area (Å²) in [5, 5.41) is 13.3. The number of anilines is 1. The van der Waals surface area contributed by atoms with E-state index in [9.17, 15) is 14.7 Å². The van der Waals surface area contributed by atoms with Gasteiger partial charge in [0.15, 0.2) is 11.4 Å². The van der Waals surface area contributed by atoms with Crippen LogP contribution in [0.15, 0.2) is 41.0 Å². The molecule has 0 unspecified atom stereocenters. The summed E-state index contributed by atoms with van der Waals surface area (Å²) < 4.78 is 5.03. The molecule has 2 aromatic rings. The molecule has 2 N–H and O–H groups in total. The Bertz CT molecular complexity index is 705. The van der Waals surface area contributed by atoms with Crippen LogP contribution < -0.4 is 5.32 Å². The Kier molecular flexibility index (Phi) is 3.14. The lowest BCUT2D eigenvalue weighted by Crippen LogP contribution is -2.36. The molecule has 5 heteroatoms. The smallest absolute Gasteiger partial charge is 0.261 e. The maximum atomic E-state index is 12.1. The predicted octanol–water partition coefficient (Wildman–Crippen LogP) is 2.25. The van der Waals surface area contributed by atoms with Crippen molar-refractivity contribution in [1.29, 1.82) is 0 Å². The SMILES string of the molecule is CCc1ccc2c(c1)[C@@](O)(CC(=O)c1ccco1)C(=O)N2. The Labute approximate surface area is 121 Å². The first-order valence-corrected chi connectivity index (χ1v) is 6.78. The van der Waals surface area contributed by atoms with E-state index in [4.69, 9.17) is 4.42 Å². The molecule has 1 amide bonds. The van der Waals surface area contributed by atoms with E-state index in [1.807, 2.05) is 13.0 Å². The zero-order chi connectivity index (χ0) is 15.0. The number of aliphatic hydroxyl groups is 1. The van der Waals surface area contributed by atoms with Crippen molar-refractivity contribution in [2.45, 2.75) is 25.4 Å². The number of hydrogen-bond acceptors (Lipinski definition) is 4. The van der Waals surface area contributed by atoms with Crippen molar-refractivity contribution in [2.75, 3.05) is 5.32 Å². The highest BCUT2D eigenvalue weighted by Crippen LogP contribution is 2.39. The first-order valence-electron chi connectivity index (χ1n) is 6.78. The van der Waals surface area contributed by atoms with Crippen molar-refractivity contribution in [3.05, 3.63) is 53.5 Å². The first kappa shape index (κ1) is 13.6. The van der Waals surface area contributed by atoms with Gasteiger partial charge in [0, 0.05) is 11.3 Å². The number of amides is 1. The highest BCUT2D eigenvalue weighted by molar-refractivity contribution is 6.08. The minimum absolute atomic E-state index is 0.135. The molecule has 0 saturated heterocycles. The molecule has 1 aliphatic heterocycles. The van der Waals surface area contributed by atoms with E-state index in [0.29, 0.717) is 11.3 Å². The maximum absolute atomic E-state index is 12.1. The summed E-state index contributed by atoms with van der Waals surface area (Å²) in [5.74, 6) is -0.852. The van der Waals surface area contributed by atoms with Crippen LogP contribution in [0, 0.1) is 0 Å². The number of ketones is 1. The van der Waals surface area contributed by atoms with Crippen molar-refractivity contribution in [3.63, 3.8) is 0 Å². The highest BCUT2D eigenvalue weighted by Gasteiger charge is 2.47. The van der Waals surface area contributed by atoms with Gasteiger partial charge in [0.2, 0.25) is 5.78 Å². The molecule has 1 aliphatic rings. The summed E-state index contributed by atoms with van der Waals surface area (Å²) in [6, 6.07) is 8.51. The zero-order valence-electron chi connectivity index (χ0n) is 11.6. The Morgan fingerprint density at radius 1 is 1.38 bits per heavy atom. The second-order valence-electron chi connectivity index (χ2n) is 5.13. The molecule has 1 atom stereocenters. The third-order valence-corrected chi connectivity index (χ3v) is 3.77. The molecule has 0 spiro atoms. The van der Waals surface area contributed by atoms with Crippen LogP contribution in [0.4, 0.5) is 5.69 Å². The molecule has 0 radical (unpaired) electrons. The number of hydrogen-bond donors (Lipinski definition) is 2. The van der Waals surface area contributed by atoms with E-state index in [-0.39, 0.29) is 12.2 Å². The summed E-state index contributed by atoms with van der Waals surface area (Å²) in [5.41, 5.74) is 0.150. The predicted molar refractivity (Wildman–Crippen MR) is 76.0 cm³/mol. The van der Waals surface area contributed by atoms with Crippen LogP contribution in [0.5, 0.6) is 0 Å². The number of fused-ring (bicyclic) bond motifs is 1. The monoisotopic (exact) mass is 285 g/mol. The summed E-state index contributed by atoms with van der Waals surface area (Å²) in [7, 11) is 0. The van der Waals surface area contributed by atoms with Gasteiger partial charge in [-0.25, -0.2) is 0 Å². The molecule has 3 rings (SSSR count). The molecule has 1 aromatic heterocycles. The molecule has 108 valence electrons. The second kappa shape index (κ2) is 4.86. The van der Waals surface area contributed by atoms with E-state index in [1.165, 1.54) is 12.3 Å². The van der Waals surface area contributed by atoms with Crippen molar-refractivity contribution in [3.8, 4) is 0 Å². The van der Waals surface area contributed by atoms with E-state index >= 15 is 0 Å². The van der Waals surface area contributed by atoms with E-state index in [0.717, 1.165) is 12.0 Å². The number of aryl methyl sites for hydroxylation is 1. The third-order valence-electron chi connectivity index (χ3n) is 3.77. The summed E-state index contributed by atoms with van der Waals surface area (Å²) >= 11 is 0. The normalized spacial score (nSPS) is 20.2. The minimum Gasteiger partial charge on any atom is -0.461 e. The average Bonchev–Trinajstić information content (AvgIpc) is 3.08. The van der Waals surface area contributed by atoms with E-state index in [2.05, 4.69) is 5.32 Å². The van der Waals surface area contributed by atoms with Gasteiger partial charge in [-0.05, 0) is 30.2 Å². The minimum atomic E-state index is -1.84. The summed E-state index contributed by atoms with van der Waals surface area (Å²) in [6.07, 6.45) is 1.82. The van der Waals surface area contributed by atoms with E-state index < -0.39 is 17.3 Å². The van der Waals surface area contributed by atoms with Crippen LogP contribution in [-0.4, -0.2) is 16.8 Å². The lowest BCUT2D eigenvalue weighted by molar-refractivity contribution is -0.133. The molecule has 1 aromatic carbocycles. The topological polar surface area (TPSA) is 79.5 Å². The molecular formula is C16H15NO4. The van der Waals surface area contributed by atoms with Crippen LogP contribution >= 0.6 is 0 Å². The Hall–Kier alpha value is -2.40. The van der Waals surface area contributed by atoms with Gasteiger partial charge in [-0.1, -0.05) is 19.1 Å². The first-order chi connectivity index (χ1) is 10.0. The fourth-order valence-electron chi connectivity index (χ4n) is 2.54. The molecule has 0 fully saturated rings. The van der Waals surface area contributed by atoms with E-state index in [1.54, 1.807) is 18.2 Å². The van der Waals surface area contributed by atoms with Crippen LogP contribution in [-0.2, 0) is 16.8 Å². The fraction of sp³-hybridized carbons (Fsp3) is 0.250. The molecule has 2 heterocycles. The molecule has 21 heavy (non-hydrogen) atoms. The number of Topliss-reactive ketones (excluding diaryl/α,β-unsaturated/α-hetero) is 1. The Morgan fingerprint density at radius 3 is 2.86 bits per heavy atom. The van der Waals surface area contributed by atoms with Gasteiger partial charge in [0.1, 0.15) is 0 Å². The molecule has 0 aliphatic carbocycles. The molecule has 0 bridgehead atoms. The maximum Gasteiger partial charge on any atom is 0.261 e. The number of nitrogens with one attached hydrogen (secondary N) is 1. The number of rotatable bonds is 4. The van der Waals surface area contributed by atoms with Crippen LogP contribution in [0.2, 0.25) is 0 Å². The van der Waals surface area contributed by atoms with Gasteiger partial charge in [0.25, 0.3) is 5.91 Å². The van der Waals surface area contributed by atoms with Crippen molar-refractivity contribution in [2.24, 2.45) is 0 Å². The fourth-order valence-corrected chi connectivity index (χ4v) is 2.54. The summed E-state index contributed by atoms with van der Waals surface area (Å²) in [6.45, 7) is 1.99. The lowest BCUT2D eigenvalue weighted by atomic mass is 9.88. The van der Waals surface area contributed by atoms with Crippen molar-refractivity contribution >= 4 is 17.4 Å². The Morgan fingerprint density at radius 2 is 2.19 bits per heavy atom. The largest absolute Gasteiger partial charge is 0.461 e. The lowest BCUT2D eigenvalue weighted by Gasteiger charge is -2.19. The Balaban J connectivity index is 1.97. The average molecular weight is 285 g/mol. The molecule has 0 saturated carbocycles. The van der Waals surface area contributed by atoms with Gasteiger partial charge in [0.05, 0.1) is 12.7 Å². The number of benzene rings is 1. The third kappa shape index (κ3) is 2.15. The van der Waals surface area contributed by atoms with Gasteiger partial charge >= 0.3 is 0 Å². The van der Waals surface area contributed by atoms with Crippen LogP contribution in [0.3, 0.4) is 0 Å². The number of furan rings is 1. The molecule has 5 nitrogen and oxygen atoms in total. The zero-order valence-corrected chi connectivity index (χ0v) is 11.6. The van der Waals surface area contributed by atoms with Crippen LogP contribution in [0.1, 0.15) is 35.0 Å². The molecular weight excluding hydrogens is 270 g/mol. The van der Waals surface area contributed by atoms with Crippen molar-refractivity contribution in [1.82, 2.24) is 0 Å². The second-order valence-corrected chi connectivity index (χ2v) is 5.13. The van der Waals surface area contributed by atoms with Gasteiger partial charge in [-0.2, -0.15) is 0 Å². The highest BCUT2D eigenvalue weighted by atomic mass is 16.3. The van der Waals surface area contributed by atoms with Gasteiger partial charge < -0.3 is 14.8 Å².